The molecule has 4 nitrogen and oxygen atoms in total. The van der Waals surface area contributed by atoms with Crippen LogP contribution in [0.1, 0.15) is 30.6 Å². The third kappa shape index (κ3) is 5.13. The van der Waals surface area contributed by atoms with Gasteiger partial charge >= 0.3 is 0 Å². The maximum atomic E-state index is 13.1. The predicted octanol–water partition coefficient (Wildman–Crippen LogP) is 2.34. The van der Waals surface area contributed by atoms with Crippen molar-refractivity contribution >= 4 is 11.6 Å². The van der Waals surface area contributed by atoms with E-state index in [-0.39, 0.29) is 11.3 Å². The molecule has 0 aromatic heterocycles. The summed E-state index contributed by atoms with van der Waals surface area (Å²) < 4.78 is 31.3. The van der Waals surface area contributed by atoms with Crippen LogP contribution in [-0.2, 0) is 4.74 Å². The molecule has 0 spiro atoms. The summed E-state index contributed by atoms with van der Waals surface area (Å²) in [5.74, 6) is -2.22. The fourth-order valence-corrected chi connectivity index (χ4v) is 1.55. The molecule has 112 valence electrons. The standard InChI is InChI=1S/C14H20F2N2O2/c1-9(2)8-20-5-3-4-18-14(19)10-6-11(15)12(16)7-13(10)17/h6-7,9H,3-5,8,17H2,1-2H3,(H,18,19). The normalized spacial score (nSPS) is 10.8. The topological polar surface area (TPSA) is 64.3 Å². The lowest BCUT2D eigenvalue weighted by Gasteiger charge is -2.09. The Kier molecular flexibility index (Phi) is 6.38. The van der Waals surface area contributed by atoms with Crippen molar-refractivity contribution in [2.75, 3.05) is 25.5 Å². The second kappa shape index (κ2) is 7.79. The van der Waals surface area contributed by atoms with Crippen molar-refractivity contribution in [2.24, 2.45) is 5.92 Å². The predicted molar refractivity (Wildman–Crippen MR) is 73.4 cm³/mol. The molecular weight excluding hydrogens is 266 g/mol. The molecule has 0 heterocycles. The van der Waals surface area contributed by atoms with Crippen molar-refractivity contribution in [1.82, 2.24) is 5.32 Å². The maximum Gasteiger partial charge on any atom is 0.253 e. The van der Waals surface area contributed by atoms with E-state index in [1.165, 1.54) is 0 Å². The van der Waals surface area contributed by atoms with E-state index in [1.54, 1.807) is 0 Å². The zero-order valence-electron chi connectivity index (χ0n) is 11.7. The van der Waals surface area contributed by atoms with E-state index in [0.717, 1.165) is 12.1 Å². The number of carbonyl (C=O) groups is 1. The fraction of sp³-hybridized carbons (Fsp3) is 0.500. The maximum absolute atomic E-state index is 13.1. The number of nitrogen functional groups attached to an aromatic ring is 1. The van der Waals surface area contributed by atoms with Crippen LogP contribution in [0, 0.1) is 17.6 Å². The number of hydrogen-bond acceptors (Lipinski definition) is 3. The third-order valence-electron chi connectivity index (χ3n) is 2.54. The van der Waals surface area contributed by atoms with Crippen LogP contribution in [0.5, 0.6) is 0 Å². The molecule has 0 radical (unpaired) electrons. The molecule has 6 heteroatoms. The first-order valence-corrected chi connectivity index (χ1v) is 6.52. The van der Waals surface area contributed by atoms with Crippen LogP contribution < -0.4 is 11.1 Å². The lowest BCUT2D eigenvalue weighted by molar-refractivity contribution is 0.0925. The Morgan fingerprint density at radius 1 is 1.35 bits per heavy atom. The minimum absolute atomic E-state index is 0.0630. The van der Waals surface area contributed by atoms with Crippen molar-refractivity contribution in [2.45, 2.75) is 20.3 Å². The molecule has 0 atom stereocenters. The van der Waals surface area contributed by atoms with Crippen molar-refractivity contribution in [3.63, 3.8) is 0 Å². The summed E-state index contributed by atoms with van der Waals surface area (Å²) in [7, 11) is 0. The number of benzene rings is 1. The first-order valence-electron chi connectivity index (χ1n) is 6.52. The molecule has 0 saturated carbocycles. The van der Waals surface area contributed by atoms with E-state index in [1.807, 2.05) is 13.8 Å². The van der Waals surface area contributed by atoms with Gasteiger partial charge in [-0.1, -0.05) is 13.8 Å². The van der Waals surface area contributed by atoms with Crippen LogP contribution in [-0.4, -0.2) is 25.7 Å². The average molecular weight is 286 g/mol. The Morgan fingerprint density at radius 2 is 2.00 bits per heavy atom. The summed E-state index contributed by atoms with van der Waals surface area (Å²) in [6, 6.07) is 1.60. The third-order valence-corrected chi connectivity index (χ3v) is 2.54. The van der Waals surface area contributed by atoms with E-state index in [9.17, 15) is 13.6 Å². The smallest absolute Gasteiger partial charge is 0.253 e. The van der Waals surface area contributed by atoms with Gasteiger partial charge in [-0.2, -0.15) is 0 Å². The lowest BCUT2D eigenvalue weighted by atomic mass is 10.1. The first-order chi connectivity index (χ1) is 9.41. The molecule has 1 rings (SSSR count). The Morgan fingerprint density at radius 3 is 2.65 bits per heavy atom. The highest BCUT2D eigenvalue weighted by molar-refractivity contribution is 5.99. The zero-order valence-corrected chi connectivity index (χ0v) is 11.7. The highest BCUT2D eigenvalue weighted by atomic mass is 19.2. The SMILES string of the molecule is CC(C)COCCCNC(=O)c1cc(F)c(F)cc1N. The van der Waals surface area contributed by atoms with E-state index in [4.69, 9.17) is 10.5 Å². The number of halogens is 2. The van der Waals surface area contributed by atoms with Gasteiger partial charge in [-0.25, -0.2) is 8.78 Å². The summed E-state index contributed by atoms with van der Waals surface area (Å²) >= 11 is 0. The van der Waals surface area contributed by atoms with E-state index < -0.39 is 17.5 Å². The van der Waals surface area contributed by atoms with Crippen LogP contribution in [0.2, 0.25) is 0 Å². The Labute approximate surface area is 117 Å². The van der Waals surface area contributed by atoms with Crippen LogP contribution in [0.25, 0.3) is 0 Å². The number of nitrogens with one attached hydrogen (secondary N) is 1. The van der Waals surface area contributed by atoms with Crippen LogP contribution in [0.15, 0.2) is 12.1 Å². The lowest BCUT2D eigenvalue weighted by Crippen LogP contribution is -2.26. The van der Waals surface area contributed by atoms with Gasteiger partial charge in [0.2, 0.25) is 0 Å². The second-order valence-corrected chi connectivity index (χ2v) is 4.93. The highest BCUT2D eigenvalue weighted by Crippen LogP contribution is 2.16. The number of rotatable bonds is 7. The number of nitrogens with two attached hydrogens (primary N) is 1. The van der Waals surface area contributed by atoms with Gasteiger partial charge in [0.25, 0.3) is 5.91 Å². The Bertz CT molecular complexity index is 465. The van der Waals surface area contributed by atoms with Crippen molar-refractivity contribution < 1.29 is 18.3 Å². The van der Waals surface area contributed by atoms with E-state index in [0.29, 0.717) is 32.1 Å². The molecule has 0 bridgehead atoms. The van der Waals surface area contributed by atoms with Gasteiger partial charge in [0.1, 0.15) is 0 Å². The summed E-state index contributed by atoms with van der Waals surface area (Å²) in [5.41, 5.74) is 5.34. The number of ether oxygens (including phenoxy) is 1. The van der Waals surface area contributed by atoms with Crippen LogP contribution in [0.3, 0.4) is 0 Å². The molecule has 3 N–H and O–H groups in total. The molecule has 1 aromatic carbocycles. The number of carbonyl (C=O) groups excluding carboxylic acids is 1. The summed E-state index contributed by atoms with van der Waals surface area (Å²) in [5, 5.41) is 2.59. The highest BCUT2D eigenvalue weighted by Gasteiger charge is 2.13. The minimum Gasteiger partial charge on any atom is -0.398 e. The molecular formula is C14H20F2N2O2. The summed E-state index contributed by atoms with van der Waals surface area (Å²) in [6.07, 6.45) is 0.641. The minimum atomic E-state index is -1.09. The quantitative estimate of drug-likeness (QED) is 0.597. The first kappa shape index (κ1) is 16.4. The van der Waals surface area contributed by atoms with Gasteiger partial charge < -0.3 is 15.8 Å². The van der Waals surface area contributed by atoms with Gasteiger partial charge in [-0.05, 0) is 18.4 Å². The number of amides is 1. The second-order valence-electron chi connectivity index (χ2n) is 4.93. The van der Waals surface area contributed by atoms with Gasteiger partial charge in [-0.15, -0.1) is 0 Å². The fourth-order valence-electron chi connectivity index (χ4n) is 1.55. The number of anilines is 1. The van der Waals surface area contributed by atoms with Crippen LogP contribution >= 0.6 is 0 Å². The average Bonchev–Trinajstić information content (AvgIpc) is 2.37. The molecule has 1 amide bonds. The molecule has 0 unspecified atom stereocenters. The summed E-state index contributed by atoms with van der Waals surface area (Å²) in [6.45, 7) is 5.69. The zero-order chi connectivity index (χ0) is 15.1. The molecule has 1 aromatic rings. The molecule has 0 aliphatic carbocycles. The monoisotopic (exact) mass is 286 g/mol. The largest absolute Gasteiger partial charge is 0.398 e. The molecule has 0 saturated heterocycles. The Hall–Kier alpha value is -1.69. The van der Waals surface area contributed by atoms with Gasteiger partial charge in [0, 0.05) is 31.5 Å². The van der Waals surface area contributed by atoms with Gasteiger partial charge in [0.05, 0.1) is 5.56 Å². The van der Waals surface area contributed by atoms with Crippen molar-refractivity contribution in [3.8, 4) is 0 Å². The van der Waals surface area contributed by atoms with E-state index in [2.05, 4.69) is 5.32 Å². The molecule has 0 aliphatic heterocycles. The molecule has 0 aliphatic rings. The Balaban J connectivity index is 2.38. The molecule has 20 heavy (non-hydrogen) atoms. The number of hydrogen-bond donors (Lipinski definition) is 2. The molecule has 0 fully saturated rings. The van der Waals surface area contributed by atoms with Gasteiger partial charge in [-0.3, -0.25) is 4.79 Å². The van der Waals surface area contributed by atoms with E-state index >= 15 is 0 Å². The summed E-state index contributed by atoms with van der Waals surface area (Å²) in [4.78, 5) is 11.7. The van der Waals surface area contributed by atoms with Crippen LogP contribution in [0.4, 0.5) is 14.5 Å². The van der Waals surface area contributed by atoms with Crippen molar-refractivity contribution in [3.05, 3.63) is 29.3 Å². The van der Waals surface area contributed by atoms with Gasteiger partial charge in [0.15, 0.2) is 11.6 Å². The van der Waals surface area contributed by atoms with Crippen molar-refractivity contribution in [1.29, 1.82) is 0 Å².